The average molecular weight is 553 g/mol. The molecule has 0 saturated carbocycles. The SMILES string of the molecule is O=C1NCCCCCC/C=C/CO[C@@H]1[C@H](O)[C@@H](O)[C@@H](OCc1ccccc1)C(=O)N[C@H]1c2ccccc2C[C@H]1O. The van der Waals surface area contributed by atoms with Crippen LogP contribution in [-0.4, -0.2) is 70.8 Å². The van der Waals surface area contributed by atoms with Crippen molar-refractivity contribution in [1.29, 1.82) is 0 Å². The second-order valence-corrected chi connectivity index (χ2v) is 10.4. The van der Waals surface area contributed by atoms with Crippen molar-refractivity contribution in [2.45, 2.75) is 81.7 Å². The Morgan fingerprint density at radius 3 is 2.60 bits per heavy atom. The minimum atomic E-state index is -1.80. The lowest BCUT2D eigenvalue weighted by atomic mass is 10.00. The number of allylic oxidation sites excluding steroid dienone is 1. The molecule has 40 heavy (non-hydrogen) atoms. The predicted octanol–water partition coefficient (Wildman–Crippen LogP) is 2.09. The first-order valence-electron chi connectivity index (χ1n) is 14.1. The quantitative estimate of drug-likeness (QED) is 0.316. The van der Waals surface area contributed by atoms with Crippen LogP contribution in [0.25, 0.3) is 0 Å². The van der Waals surface area contributed by atoms with E-state index in [1.165, 1.54) is 0 Å². The van der Waals surface area contributed by atoms with E-state index in [9.17, 15) is 24.9 Å². The normalized spacial score (nSPS) is 25.2. The molecule has 9 heteroatoms. The molecule has 2 aromatic carbocycles. The van der Waals surface area contributed by atoms with Crippen molar-refractivity contribution in [2.24, 2.45) is 0 Å². The third-order valence-electron chi connectivity index (χ3n) is 7.40. The standard InChI is InChI=1S/C31H40N2O7/c34-24-19-22-15-9-10-16-23(22)25(24)33-31(38)29(40-20-21-13-7-6-8-14-21)27(36)26(35)28-30(37)32-17-11-4-2-1-3-5-12-18-39-28/h5-10,12-16,24-29,34-36H,1-4,11,17-20H2,(H,32,37)(H,33,38)/b12-5+/t24-,25+,26-,27-,28-,29-/m1/s1. The first-order valence-corrected chi connectivity index (χ1v) is 14.1. The number of nitrogens with one attached hydrogen (secondary N) is 2. The Morgan fingerprint density at radius 1 is 1.02 bits per heavy atom. The number of hydrogen-bond acceptors (Lipinski definition) is 7. The second kappa shape index (κ2) is 15.1. The summed E-state index contributed by atoms with van der Waals surface area (Å²) in [5, 5.41) is 38.7. The zero-order valence-corrected chi connectivity index (χ0v) is 22.7. The number of rotatable bonds is 8. The maximum absolute atomic E-state index is 13.6. The van der Waals surface area contributed by atoms with Crippen LogP contribution in [0.3, 0.4) is 0 Å². The van der Waals surface area contributed by atoms with Crippen molar-refractivity contribution < 1.29 is 34.4 Å². The van der Waals surface area contributed by atoms with Gasteiger partial charge in [0.2, 0.25) is 0 Å². The third-order valence-corrected chi connectivity index (χ3v) is 7.40. The maximum Gasteiger partial charge on any atom is 0.252 e. The molecule has 2 aliphatic rings. The molecule has 0 saturated heterocycles. The molecule has 0 spiro atoms. The predicted molar refractivity (Wildman–Crippen MR) is 149 cm³/mol. The molecule has 2 amide bonds. The van der Waals surface area contributed by atoms with Crippen molar-refractivity contribution in [3.05, 3.63) is 83.4 Å². The Bertz CT molecular complexity index is 1130. The van der Waals surface area contributed by atoms with Crippen LogP contribution in [0.5, 0.6) is 0 Å². The zero-order chi connectivity index (χ0) is 28.3. The highest BCUT2D eigenvalue weighted by atomic mass is 16.5. The minimum Gasteiger partial charge on any atom is -0.390 e. The number of ether oxygens (including phenoxy) is 2. The van der Waals surface area contributed by atoms with Gasteiger partial charge in [-0.15, -0.1) is 0 Å². The number of amides is 2. The van der Waals surface area contributed by atoms with Crippen LogP contribution >= 0.6 is 0 Å². The molecule has 1 heterocycles. The van der Waals surface area contributed by atoms with Gasteiger partial charge in [-0.25, -0.2) is 0 Å². The van der Waals surface area contributed by atoms with Gasteiger partial charge in [0.05, 0.1) is 25.4 Å². The van der Waals surface area contributed by atoms with E-state index in [4.69, 9.17) is 9.47 Å². The summed E-state index contributed by atoms with van der Waals surface area (Å²) in [6.07, 6.45) is 1.51. The first-order chi connectivity index (χ1) is 19.5. The van der Waals surface area contributed by atoms with Crippen LogP contribution in [-0.2, 0) is 32.1 Å². The Balaban J connectivity index is 1.52. The highest BCUT2D eigenvalue weighted by Crippen LogP contribution is 2.31. The summed E-state index contributed by atoms with van der Waals surface area (Å²) in [6, 6.07) is 15.8. The average Bonchev–Trinajstić information content (AvgIpc) is 3.28. The van der Waals surface area contributed by atoms with Gasteiger partial charge in [-0.2, -0.15) is 0 Å². The number of aliphatic hydroxyl groups excluding tert-OH is 3. The Morgan fingerprint density at radius 2 is 1.77 bits per heavy atom. The molecule has 4 rings (SSSR count). The molecular formula is C31H40N2O7. The van der Waals surface area contributed by atoms with Gasteiger partial charge in [-0.3, -0.25) is 9.59 Å². The van der Waals surface area contributed by atoms with Crippen LogP contribution < -0.4 is 10.6 Å². The Hall–Kier alpha value is -3.08. The number of aliphatic hydroxyl groups is 3. The van der Waals surface area contributed by atoms with Crippen LogP contribution in [0.1, 0.15) is 54.8 Å². The molecule has 2 aromatic rings. The summed E-state index contributed by atoms with van der Waals surface area (Å²) in [6.45, 7) is 0.462. The molecule has 216 valence electrons. The first kappa shape index (κ1) is 29.9. The lowest BCUT2D eigenvalue weighted by Gasteiger charge is -2.31. The number of fused-ring (bicyclic) bond motifs is 1. The van der Waals surface area contributed by atoms with Crippen molar-refractivity contribution in [3.63, 3.8) is 0 Å². The fourth-order valence-corrected chi connectivity index (χ4v) is 5.16. The number of carbonyl (C=O) groups is 2. The molecule has 1 aliphatic heterocycles. The van der Waals surface area contributed by atoms with E-state index in [-0.39, 0.29) is 13.2 Å². The Kier molecular flexibility index (Phi) is 11.3. The Labute approximate surface area is 235 Å². The van der Waals surface area contributed by atoms with E-state index in [1.54, 1.807) is 6.08 Å². The van der Waals surface area contributed by atoms with Crippen molar-refractivity contribution in [2.75, 3.05) is 13.2 Å². The lowest BCUT2D eigenvalue weighted by Crippen LogP contribution is -2.56. The molecular weight excluding hydrogens is 512 g/mol. The van der Waals surface area contributed by atoms with Gasteiger partial charge in [0, 0.05) is 13.0 Å². The zero-order valence-electron chi connectivity index (χ0n) is 22.7. The van der Waals surface area contributed by atoms with Crippen molar-refractivity contribution in [3.8, 4) is 0 Å². The molecule has 9 nitrogen and oxygen atoms in total. The molecule has 0 fully saturated rings. The van der Waals surface area contributed by atoms with E-state index < -0.39 is 48.4 Å². The third kappa shape index (κ3) is 7.99. The summed E-state index contributed by atoms with van der Waals surface area (Å²) in [7, 11) is 0. The smallest absolute Gasteiger partial charge is 0.252 e. The maximum atomic E-state index is 13.6. The molecule has 6 atom stereocenters. The van der Waals surface area contributed by atoms with Gasteiger partial charge in [-0.05, 0) is 36.0 Å². The topological polar surface area (TPSA) is 137 Å². The fourth-order valence-electron chi connectivity index (χ4n) is 5.16. The van der Waals surface area contributed by atoms with Gasteiger partial charge in [-0.1, -0.05) is 79.6 Å². The van der Waals surface area contributed by atoms with Crippen molar-refractivity contribution >= 4 is 11.8 Å². The molecule has 0 bridgehead atoms. The summed E-state index contributed by atoms with van der Waals surface area (Å²) in [4.78, 5) is 26.5. The molecule has 0 unspecified atom stereocenters. The van der Waals surface area contributed by atoms with Gasteiger partial charge in [0.25, 0.3) is 11.8 Å². The number of benzene rings is 2. The molecule has 1 aliphatic carbocycles. The highest BCUT2D eigenvalue weighted by molar-refractivity contribution is 5.84. The van der Waals surface area contributed by atoms with Crippen LogP contribution in [0.15, 0.2) is 66.7 Å². The molecule has 5 N–H and O–H groups in total. The van der Waals surface area contributed by atoms with Crippen LogP contribution in [0.4, 0.5) is 0 Å². The second-order valence-electron chi connectivity index (χ2n) is 10.4. The van der Waals surface area contributed by atoms with E-state index in [0.29, 0.717) is 13.0 Å². The summed E-state index contributed by atoms with van der Waals surface area (Å²) < 4.78 is 11.6. The van der Waals surface area contributed by atoms with Crippen molar-refractivity contribution in [1.82, 2.24) is 10.6 Å². The minimum absolute atomic E-state index is 0.0209. The van der Waals surface area contributed by atoms with Gasteiger partial charge >= 0.3 is 0 Å². The fraction of sp³-hybridized carbons (Fsp3) is 0.484. The highest BCUT2D eigenvalue weighted by Gasteiger charge is 2.42. The van der Waals surface area contributed by atoms with E-state index in [1.807, 2.05) is 60.7 Å². The monoisotopic (exact) mass is 552 g/mol. The lowest BCUT2D eigenvalue weighted by molar-refractivity contribution is -0.168. The molecule has 0 radical (unpaired) electrons. The summed E-state index contributed by atoms with van der Waals surface area (Å²) in [5.74, 6) is -1.28. The van der Waals surface area contributed by atoms with Gasteiger partial charge in [0.15, 0.2) is 12.2 Å². The van der Waals surface area contributed by atoms with E-state index in [2.05, 4.69) is 10.6 Å². The van der Waals surface area contributed by atoms with Crippen LogP contribution in [0.2, 0.25) is 0 Å². The number of carbonyl (C=O) groups excluding carboxylic acids is 2. The van der Waals surface area contributed by atoms with Crippen LogP contribution in [0, 0.1) is 0 Å². The summed E-state index contributed by atoms with van der Waals surface area (Å²) in [5.41, 5.74) is 2.46. The van der Waals surface area contributed by atoms with Gasteiger partial charge < -0.3 is 35.4 Å². The number of hydrogen-bond donors (Lipinski definition) is 5. The largest absolute Gasteiger partial charge is 0.390 e. The van der Waals surface area contributed by atoms with E-state index >= 15 is 0 Å². The van der Waals surface area contributed by atoms with Gasteiger partial charge in [0.1, 0.15) is 12.2 Å². The van der Waals surface area contributed by atoms with E-state index in [0.717, 1.165) is 48.8 Å². The summed E-state index contributed by atoms with van der Waals surface area (Å²) >= 11 is 0. The molecule has 0 aromatic heterocycles.